The zero-order chi connectivity index (χ0) is 17.0. The lowest BCUT2D eigenvalue weighted by molar-refractivity contribution is -0.254. The number of thiazole rings is 1. The Kier molecular flexibility index (Phi) is 5.17. The summed E-state index contributed by atoms with van der Waals surface area (Å²) in [5.74, 6) is -0.563. The topological polar surface area (TPSA) is 101 Å². The van der Waals surface area contributed by atoms with Gasteiger partial charge in [-0.2, -0.15) is 0 Å². The molecular formula is C15H15N2O5S-. The molecule has 2 aromatic rings. The predicted molar refractivity (Wildman–Crippen MR) is 83.1 cm³/mol. The summed E-state index contributed by atoms with van der Waals surface area (Å²) >= 11 is 0.934. The second-order valence-electron chi connectivity index (χ2n) is 4.60. The number of nitrogens with zero attached hydrogens (tertiary/aromatic N) is 1. The SMILES string of the molecule is COc1ccc(OC)c(NC(=O)Cc2nc(C)c(C(=O)[O-])s2)c1. The van der Waals surface area contributed by atoms with Gasteiger partial charge in [0.2, 0.25) is 5.91 Å². The maximum atomic E-state index is 12.1. The number of aryl methyl sites for hydroxylation is 1. The lowest BCUT2D eigenvalue weighted by Gasteiger charge is -2.11. The Bertz CT molecular complexity index is 741. The van der Waals surface area contributed by atoms with Gasteiger partial charge in [-0.3, -0.25) is 4.79 Å². The number of carbonyl (C=O) groups excluding carboxylic acids is 2. The first-order valence-electron chi connectivity index (χ1n) is 6.64. The molecule has 0 atom stereocenters. The van der Waals surface area contributed by atoms with E-state index in [-0.39, 0.29) is 17.2 Å². The molecule has 0 aliphatic heterocycles. The number of hydrogen-bond acceptors (Lipinski definition) is 7. The standard InChI is InChI=1S/C15H16N2O5S/c1-8-14(15(19)20)23-13(16-8)7-12(18)17-10-6-9(21-2)4-5-11(10)22-3/h4-6H,7H2,1-3H3,(H,17,18)(H,19,20)/p-1. The maximum Gasteiger partial charge on any atom is 0.231 e. The average Bonchev–Trinajstić information content (AvgIpc) is 2.87. The monoisotopic (exact) mass is 335 g/mol. The van der Waals surface area contributed by atoms with Crippen molar-refractivity contribution in [2.24, 2.45) is 0 Å². The largest absolute Gasteiger partial charge is 0.544 e. The second kappa shape index (κ2) is 7.10. The minimum absolute atomic E-state index is 0.0340. The number of hydrogen-bond donors (Lipinski definition) is 1. The molecule has 0 saturated heterocycles. The van der Waals surface area contributed by atoms with Crippen molar-refractivity contribution in [2.75, 3.05) is 19.5 Å². The fourth-order valence-electron chi connectivity index (χ4n) is 1.96. The Balaban J connectivity index is 2.13. The van der Waals surface area contributed by atoms with Crippen LogP contribution in [0.25, 0.3) is 0 Å². The van der Waals surface area contributed by atoms with Gasteiger partial charge in [-0.1, -0.05) is 0 Å². The molecule has 7 nitrogen and oxygen atoms in total. The van der Waals surface area contributed by atoms with Gasteiger partial charge in [0.1, 0.15) is 16.5 Å². The fourth-order valence-corrected chi connectivity index (χ4v) is 2.86. The number of ether oxygens (including phenoxy) is 2. The van der Waals surface area contributed by atoms with E-state index in [1.165, 1.54) is 14.2 Å². The number of amides is 1. The number of carboxylic acids is 1. The number of aromatic carboxylic acids is 1. The van der Waals surface area contributed by atoms with Crippen LogP contribution in [0.3, 0.4) is 0 Å². The average molecular weight is 335 g/mol. The summed E-state index contributed by atoms with van der Waals surface area (Å²) < 4.78 is 10.3. The lowest BCUT2D eigenvalue weighted by atomic mass is 10.2. The van der Waals surface area contributed by atoms with Crippen molar-refractivity contribution in [2.45, 2.75) is 13.3 Å². The van der Waals surface area contributed by atoms with Gasteiger partial charge < -0.3 is 24.7 Å². The Morgan fingerprint density at radius 1 is 1.30 bits per heavy atom. The van der Waals surface area contributed by atoms with Gasteiger partial charge in [0.25, 0.3) is 0 Å². The molecule has 0 unspecified atom stereocenters. The van der Waals surface area contributed by atoms with Crippen molar-refractivity contribution in [3.63, 3.8) is 0 Å². The van der Waals surface area contributed by atoms with Crippen molar-refractivity contribution in [3.05, 3.63) is 33.8 Å². The molecule has 0 radical (unpaired) electrons. The van der Waals surface area contributed by atoms with Crippen LogP contribution in [0.2, 0.25) is 0 Å². The quantitative estimate of drug-likeness (QED) is 0.846. The molecule has 0 saturated carbocycles. The smallest absolute Gasteiger partial charge is 0.231 e. The summed E-state index contributed by atoms with van der Waals surface area (Å²) in [6, 6.07) is 5.03. The fraction of sp³-hybridized carbons (Fsp3) is 0.267. The van der Waals surface area contributed by atoms with Gasteiger partial charge in [-0.05, 0) is 19.1 Å². The van der Waals surface area contributed by atoms with Gasteiger partial charge in [-0.25, -0.2) is 4.98 Å². The highest BCUT2D eigenvalue weighted by molar-refractivity contribution is 7.13. The molecule has 23 heavy (non-hydrogen) atoms. The summed E-state index contributed by atoms with van der Waals surface area (Å²) in [6.07, 6.45) is -0.0425. The van der Waals surface area contributed by atoms with E-state index in [4.69, 9.17) is 9.47 Å². The van der Waals surface area contributed by atoms with E-state index < -0.39 is 5.97 Å². The molecule has 1 aromatic heterocycles. The van der Waals surface area contributed by atoms with Crippen LogP contribution in [-0.2, 0) is 11.2 Å². The molecule has 0 spiro atoms. The number of aromatic nitrogens is 1. The maximum absolute atomic E-state index is 12.1. The third kappa shape index (κ3) is 3.98. The molecule has 0 aliphatic carbocycles. The molecule has 1 aromatic carbocycles. The van der Waals surface area contributed by atoms with Crippen molar-refractivity contribution in [1.29, 1.82) is 0 Å². The normalized spacial score (nSPS) is 10.2. The number of nitrogens with one attached hydrogen (secondary N) is 1. The molecule has 0 fully saturated rings. The van der Waals surface area contributed by atoms with E-state index in [1.807, 2.05) is 0 Å². The molecule has 2 rings (SSSR count). The van der Waals surface area contributed by atoms with Crippen LogP contribution in [0.5, 0.6) is 11.5 Å². The van der Waals surface area contributed by atoms with E-state index >= 15 is 0 Å². The summed E-state index contributed by atoms with van der Waals surface area (Å²) in [4.78, 5) is 27.1. The summed E-state index contributed by atoms with van der Waals surface area (Å²) in [5, 5.41) is 14.0. The van der Waals surface area contributed by atoms with Crippen LogP contribution >= 0.6 is 11.3 Å². The highest BCUT2D eigenvalue weighted by atomic mass is 32.1. The zero-order valence-electron chi connectivity index (χ0n) is 12.8. The van der Waals surface area contributed by atoms with Gasteiger partial charge in [-0.15, -0.1) is 11.3 Å². The molecule has 122 valence electrons. The number of anilines is 1. The number of methoxy groups -OCH3 is 2. The van der Waals surface area contributed by atoms with Crippen LogP contribution in [0.15, 0.2) is 18.2 Å². The minimum Gasteiger partial charge on any atom is -0.544 e. The van der Waals surface area contributed by atoms with Crippen LogP contribution in [0.4, 0.5) is 5.69 Å². The molecule has 0 aliphatic rings. The van der Waals surface area contributed by atoms with E-state index in [2.05, 4.69) is 10.3 Å². The Morgan fingerprint density at radius 3 is 2.61 bits per heavy atom. The van der Waals surface area contributed by atoms with E-state index in [0.717, 1.165) is 11.3 Å². The van der Waals surface area contributed by atoms with Gasteiger partial charge >= 0.3 is 0 Å². The Labute approximate surface area is 136 Å². The van der Waals surface area contributed by atoms with Crippen LogP contribution in [0, 0.1) is 6.92 Å². The molecule has 1 amide bonds. The van der Waals surface area contributed by atoms with Crippen LogP contribution in [-0.4, -0.2) is 31.1 Å². The first kappa shape index (κ1) is 16.8. The molecule has 1 N–H and O–H groups in total. The van der Waals surface area contributed by atoms with E-state index in [0.29, 0.717) is 27.9 Å². The van der Waals surface area contributed by atoms with Crippen molar-refractivity contribution in [1.82, 2.24) is 4.98 Å². The molecular weight excluding hydrogens is 320 g/mol. The Morgan fingerprint density at radius 2 is 2.04 bits per heavy atom. The first-order valence-corrected chi connectivity index (χ1v) is 7.45. The van der Waals surface area contributed by atoms with E-state index in [9.17, 15) is 14.7 Å². The van der Waals surface area contributed by atoms with Crippen LogP contribution in [0.1, 0.15) is 20.4 Å². The highest BCUT2D eigenvalue weighted by Crippen LogP contribution is 2.29. The Hall–Kier alpha value is -2.61. The van der Waals surface area contributed by atoms with Gasteiger partial charge in [0.05, 0.1) is 42.9 Å². The third-order valence-corrected chi connectivity index (χ3v) is 4.16. The van der Waals surface area contributed by atoms with Crippen molar-refractivity contribution >= 4 is 28.9 Å². The number of carboxylic acid groups (broad SMARTS) is 1. The first-order chi connectivity index (χ1) is 10.9. The number of rotatable bonds is 6. The summed E-state index contributed by atoms with van der Waals surface area (Å²) in [7, 11) is 3.01. The zero-order valence-corrected chi connectivity index (χ0v) is 13.7. The third-order valence-electron chi connectivity index (χ3n) is 3.02. The molecule has 0 bridgehead atoms. The van der Waals surface area contributed by atoms with Crippen LogP contribution < -0.4 is 19.9 Å². The van der Waals surface area contributed by atoms with Gasteiger partial charge in [0, 0.05) is 6.07 Å². The lowest BCUT2D eigenvalue weighted by Crippen LogP contribution is -2.21. The second-order valence-corrected chi connectivity index (χ2v) is 5.68. The number of benzene rings is 1. The van der Waals surface area contributed by atoms with E-state index in [1.54, 1.807) is 25.1 Å². The van der Waals surface area contributed by atoms with Gasteiger partial charge in [0.15, 0.2) is 0 Å². The molecule has 1 heterocycles. The van der Waals surface area contributed by atoms with Crippen molar-refractivity contribution in [3.8, 4) is 11.5 Å². The highest BCUT2D eigenvalue weighted by Gasteiger charge is 2.14. The summed E-state index contributed by atoms with van der Waals surface area (Å²) in [5.41, 5.74) is 0.807. The summed E-state index contributed by atoms with van der Waals surface area (Å²) in [6.45, 7) is 1.56. The minimum atomic E-state index is -1.29. The predicted octanol–water partition coefficient (Wildman–Crippen LogP) is 1.01. The molecule has 8 heteroatoms. The number of carbonyl (C=O) groups is 2. The van der Waals surface area contributed by atoms with Crippen molar-refractivity contribution < 1.29 is 24.2 Å².